The summed E-state index contributed by atoms with van der Waals surface area (Å²) in [5, 5.41) is 5.79. The summed E-state index contributed by atoms with van der Waals surface area (Å²) < 4.78 is 19.0. The van der Waals surface area contributed by atoms with Gasteiger partial charge in [-0.3, -0.25) is 9.59 Å². The Hall–Kier alpha value is -3.68. The SMILES string of the molecule is COc1ccc(F)c(CNc2c(Nc3ccc4nc[nH]c4c3)c(=O)c2=O)c1. The van der Waals surface area contributed by atoms with Crippen LogP contribution in [-0.4, -0.2) is 17.1 Å². The van der Waals surface area contributed by atoms with Crippen LogP contribution in [0.5, 0.6) is 5.75 Å². The van der Waals surface area contributed by atoms with Crippen LogP contribution in [0.15, 0.2) is 52.3 Å². The van der Waals surface area contributed by atoms with Gasteiger partial charge in [0.05, 0.1) is 24.5 Å². The van der Waals surface area contributed by atoms with Gasteiger partial charge in [-0.25, -0.2) is 9.37 Å². The number of fused-ring (bicyclic) bond motifs is 1. The van der Waals surface area contributed by atoms with Crippen molar-refractivity contribution in [2.75, 3.05) is 17.7 Å². The summed E-state index contributed by atoms with van der Waals surface area (Å²) in [4.78, 5) is 31.0. The predicted octanol–water partition coefficient (Wildman–Crippen LogP) is 2.66. The second-order valence-electron chi connectivity index (χ2n) is 5.98. The van der Waals surface area contributed by atoms with Gasteiger partial charge < -0.3 is 20.4 Å². The van der Waals surface area contributed by atoms with E-state index in [4.69, 9.17) is 4.74 Å². The van der Waals surface area contributed by atoms with Gasteiger partial charge >= 0.3 is 0 Å². The number of methoxy groups -OCH3 is 1. The fourth-order valence-electron chi connectivity index (χ4n) is 2.83. The molecule has 0 aliphatic heterocycles. The number of benzene rings is 2. The molecule has 0 saturated heterocycles. The van der Waals surface area contributed by atoms with Crippen molar-refractivity contribution in [3.63, 3.8) is 0 Å². The van der Waals surface area contributed by atoms with Crippen LogP contribution in [0.4, 0.5) is 21.5 Å². The Bertz CT molecular complexity index is 1210. The predicted molar refractivity (Wildman–Crippen MR) is 101 cm³/mol. The van der Waals surface area contributed by atoms with E-state index in [1.807, 2.05) is 0 Å². The minimum atomic E-state index is -0.636. The molecule has 136 valence electrons. The molecule has 0 bridgehead atoms. The number of nitrogens with zero attached hydrogens (tertiary/aromatic N) is 1. The molecule has 0 spiro atoms. The lowest BCUT2D eigenvalue weighted by atomic mass is 10.1. The molecule has 1 heterocycles. The highest BCUT2D eigenvalue weighted by molar-refractivity contribution is 5.84. The highest BCUT2D eigenvalue weighted by Gasteiger charge is 2.21. The van der Waals surface area contributed by atoms with Crippen molar-refractivity contribution in [1.29, 1.82) is 0 Å². The maximum absolute atomic E-state index is 13.9. The zero-order valence-electron chi connectivity index (χ0n) is 14.3. The van der Waals surface area contributed by atoms with Crippen molar-refractivity contribution < 1.29 is 9.13 Å². The number of imidazole rings is 1. The zero-order chi connectivity index (χ0) is 19.0. The largest absolute Gasteiger partial charge is 0.497 e. The van der Waals surface area contributed by atoms with E-state index >= 15 is 0 Å². The van der Waals surface area contributed by atoms with Gasteiger partial charge in [-0.15, -0.1) is 0 Å². The number of ether oxygens (including phenoxy) is 1. The molecule has 4 rings (SSSR count). The molecule has 0 amide bonds. The highest BCUT2D eigenvalue weighted by Crippen LogP contribution is 2.24. The molecular weight excluding hydrogens is 351 g/mol. The van der Waals surface area contributed by atoms with Crippen molar-refractivity contribution in [3.05, 3.63) is 74.6 Å². The molecule has 0 fully saturated rings. The molecule has 3 N–H and O–H groups in total. The fourth-order valence-corrected chi connectivity index (χ4v) is 2.83. The van der Waals surface area contributed by atoms with E-state index in [1.165, 1.54) is 25.3 Å². The number of nitrogens with one attached hydrogen (secondary N) is 3. The lowest BCUT2D eigenvalue weighted by Crippen LogP contribution is -2.36. The summed E-state index contributed by atoms with van der Waals surface area (Å²) in [6, 6.07) is 9.66. The third kappa shape index (κ3) is 3.01. The molecule has 1 aromatic heterocycles. The lowest BCUT2D eigenvalue weighted by molar-refractivity contribution is 0.413. The van der Waals surface area contributed by atoms with Crippen LogP contribution in [0.25, 0.3) is 11.0 Å². The molecule has 27 heavy (non-hydrogen) atoms. The third-order valence-electron chi connectivity index (χ3n) is 4.31. The first-order chi connectivity index (χ1) is 13.1. The second-order valence-corrected chi connectivity index (χ2v) is 5.98. The number of halogens is 1. The minimum absolute atomic E-state index is 0.0438. The van der Waals surface area contributed by atoms with E-state index < -0.39 is 16.7 Å². The molecule has 4 aromatic rings. The average molecular weight is 366 g/mol. The maximum Gasteiger partial charge on any atom is 0.253 e. The molecule has 0 atom stereocenters. The van der Waals surface area contributed by atoms with Gasteiger partial charge in [0.25, 0.3) is 10.9 Å². The van der Waals surface area contributed by atoms with Crippen LogP contribution < -0.4 is 26.2 Å². The molecule has 0 aliphatic carbocycles. The van der Waals surface area contributed by atoms with E-state index in [-0.39, 0.29) is 17.9 Å². The van der Waals surface area contributed by atoms with Gasteiger partial charge in [-0.2, -0.15) is 0 Å². The molecule has 0 radical (unpaired) electrons. The van der Waals surface area contributed by atoms with E-state index in [1.54, 1.807) is 24.5 Å². The smallest absolute Gasteiger partial charge is 0.253 e. The normalized spacial score (nSPS) is 11.0. The first-order valence-corrected chi connectivity index (χ1v) is 8.16. The number of hydrogen-bond acceptors (Lipinski definition) is 6. The summed E-state index contributed by atoms with van der Waals surface area (Å²) in [5.74, 6) is 0.0746. The molecule has 7 nitrogen and oxygen atoms in total. The van der Waals surface area contributed by atoms with Crippen molar-refractivity contribution >= 4 is 28.1 Å². The topological polar surface area (TPSA) is 96.1 Å². The van der Waals surface area contributed by atoms with Crippen molar-refractivity contribution in [2.45, 2.75) is 6.54 Å². The van der Waals surface area contributed by atoms with E-state index in [2.05, 4.69) is 20.6 Å². The highest BCUT2D eigenvalue weighted by atomic mass is 19.1. The minimum Gasteiger partial charge on any atom is -0.497 e. The molecular formula is C19H15FN4O3. The number of rotatable bonds is 6. The Labute approximate surface area is 152 Å². The van der Waals surface area contributed by atoms with E-state index in [9.17, 15) is 14.0 Å². The Morgan fingerprint density at radius 3 is 2.74 bits per heavy atom. The van der Waals surface area contributed by atoms with Gasteiger partial charge in [-0.1, -0.05) is 0 Å². The standard InChI is InChI=1S/C19H15FN4O3/c1-27-12-3-4-13(20)10(6-12)8-21-16-17(19(26)18(16)25)24-11-2-5-14-15(7-11)23-9-22-14/h2-7,9,21,24H,8H2,1H3,(H,22,23). The number of hydrogen-bond donors (Lipinski definition) is 3. The van der Waals surface area contributed by atoms with Crippen molar-refractivity contribution in [1.82, 2.24) is 9.97 Å². The summed E-state index contributed by atoms with van der Waals surface area (Å²) in [6.07, 6.45) is 1.57. The second kappa shape index (κ2) is 6.56. The molecule has 0 unspecified atom stereocenters. The quantitative estimate of drug-likeness (QED) is 0.454. The maximum atomic E-state index is 13.9. The Balaban J connectivity index is 1.55. The van der Waals surface area contributed by atoms with Crippen LogP contribution in [0.1, 0.15) is 5.56 Å². The monoisotopic (exact) mass is 366 g/mol. The fraction of sp³-hybridized carbons (Fsp3) is 0.105. The lowest BCUT2D eigenvalue weighted by Gasteiger charge is -2.15. The third-order valence-corrected chi connectivity index (χ3v) is 4.31. The molecule has 3 aromatic carbocycles. The molecule has 0 aliphatic rings. The Morgan fingerprint density at radius 2 is 1.93 bits per heavy atom. The van der Waals surface area contributed by atoms with Crippen LogP contribution in [-0.2, 0) is 6.54 Å². The van der Waals surface area contributed by atoms with Gasteiger partial charge in [0.2, 0.25) is 0 Å². The first-order valence-electron chi connectivity index (χ1n) is 8.16. The van der Waals surface area contributed by atoms with Crippen LogP contribution >= 0.6 is 0 Å². The summed E-state index contributed by atoms with van der Waals surface area (Å²) >= 11 is 0. The van der Waals surface area contributed by atoms with Crippen molar-refractivity contribution in [2.24, 2.45) is 0 Å². The first kappa shape index (κ1) is 16.8. The average Bonchev–Trinajstić information content (AvgIpc) is 3.16. The number of anilines is 3. The van der Waals surface area contributed by atoms with Crippen LogP contribution in [0.3, 0.4) is 0 Å². The van der Waals surface area contributed by atoms with Crippen molar-refractivity contribution in [3.8, 4) is 5.75 Å². The summed E-state index contributed by atoms with van der Waals surface area (Å²) in [5.41, 5.74) is 1.58. The summed E-state index contributed by atoms with van der Waals surface area (Å²) in [6.45, 7) is 0.0438. The zero-order valence-corrected chi connectivity index (χ0v) is 14.3. The summed E-state index contributed by atoms with van der Waals surface area (Å²) in [7, 11) is 1.49. The molecule has 0 saturated carbocycles. The molecule has 8 heteroatoms. The van der Waals surface area contributed by atoms with E-state index in [0.717, 1.165) is 11.0 Å². The van der Waals surface area contributed by atoms with Gasteiger partial charge in [-0.05, 0) is 36.4 Å². The van der Waals surface area contributed by atoms with Crippen LogP contribution in [0, 0.1) is 5.82 Å². The Morgan fingerprint density at radius 1 is 1.11 bits per heavy atom. The number of H-pyrrole nitrogens is 1. The van der Waals surface area contributed by atoms with Gasteiger partial charge in [0.1, 0.15) is 22.9 Å². The van der Waals surface area contributed by atoms with Gasteiger partial charge in [0.15, 0.2) is 0 Å². The van der Waals surface area contributed by atoms with E-state index in [0.29, 0.717) is 17.0 Å². The number of aromatic amines is 1. The number of aromatic nitrogens is 2. The van der Waals surface area contributed by atoms with Crippen LogP contribution in [0.2, 0.25) is 0 Å². The van der Waals surface area contributed by atoms with Gasteiger partial charge in [0, 0.05) is 17.8 Å². The Kier molecular flexibility index (Phi) is 4.08.